The molecule has 0 aliphatic carbocycles. The molecule has 2 aliphatic rings. The maximum atomic E-state index is 13.1. The van der Waals surface area contributed by atoms with Crippen molar-refractivity contribution in [2.45, 2.75) is 30.5 Å². The molecule has 0 bridgehead atoms. The number of carbonyl (C=O) groups excluding carboxylic acids is 3. The third-order valence-corrected chi connectivity index (χ3v) is 7.76. The highest BCUT2D eigenvalue weighted by atomic mass is 32.2. The van der Waals surface area contributed by atoms with E-state index in [2.05, 4.69) is 15.5 Å². The van der Waals surface area contributed by atoms with Crippen LogP contribution in [0.1, 0.15) is 12.6 Å². The highest BCUT2D eigenvalue weighted by molar-refractivity contribution is 8.00. The molecule has 200 valence electrons. The lowest BCUT2D eigenvalue weighted by molar-refractivity contribution is -0.689. The van der Waals surface area contributed by atoms with Crippen molar-refractivity contribution in [2.75, 3.05) is 18.1 Å². The van der Waals surface area contributed by atoms with Gasteiger partial charge in [-0.3, -0.25) is 14.5 Å². The van der Waals surface area contributed by atoms with Crippen molar-refractivity contribution in [2.24, 2.45) is 5.16 Å². The van der Waals surface area contributed by atoms with Crippen molar-refractivity contribution in [3.05, 3.63) is 52.9 Å². The summed E-state index contributed by atoms with van der Waals surface area (Å²) in [6, 6.07) is 4.28. The number of nitrogens with zero attached hydrogens (tertiary/aromatic N) is 4. The van der Waals surface area contributed by atoms with Gasteiger partial charge in [-0.05, 0) is 6.92 Å². The molecule has 14 nitrogen and oxygen atoms in total. The van der Waals surface area contributed by atoms with E-state index in [-0.39, 0.29) is 28.8 Å². The Morgan fingerprint density at radius 2 is 2.08 bits per heavy atom. The number of hydrogen-bond donors (Lipinski definition) is 4. The molecule has 0 aromatic carbocycles. The Labute approximate surface area is 223 Å². The predicted molar refractivity (Wildman–Crippen MR) is 131 cm³/mol. The minimum atomic E-state index is -2.16. The van der Waals surface area contributed by atoms with Crippen LogP contribution in [0.5, 0.6) is 0 Å². The van der Waals surface area contributed by atoms with Gasteiger partial charge in [-0.15, -0.1) is 23.1 Å². The minimum absolute atomic E-state index is 0.0481. The number of fused-ring (bicyclic) bond motifs is 1. The Kier molecular flexibility index (Phi) is 7.66. The summed E-state index contributed by atoms with van der Waals surface area (Å²) in [4.78, 5) is 59.6. The van der Waals surface area contributed by atoms with Crippen molar-refractivity contribution < 1.29 is 43.9 Å². The summed E-state index contributed by atoms with van der Waals surface area (Å²) in [5, 5.41) is 37.5. The molecule has 1 fully saturated rings. The Morgan fingerprint density at radius 3 is 2.66 bits per heavy atom. The number of nitrogens with one attached hydrogen (secondary N) is 1. The maximum Gasteiger partial charge on any atom is 0.353 e. The van der Waals surface area contributed by atoms with E-state index in [0.29, 0.717) is 5.57 Å². The molecule has 38 heavy (non-hydrogen) atoms. The van der Waals surface area contributed by atoms with Crippen LogP contribution in [0, 0.1) is 0 Å². The second kappa shape index (κ2) is 10.8. The summed E-state index contributed by atoms with van der Waals surface area (Å²) >= 11 is 2.25. The highest BCUT2D eigenvalue weighted by Crippen LogP contribution is 2.40. The first-order chi connectivity index (χ1) is 18.1. The van der Waals surface area contributed by atoms with Gasteiger partial charge in [0.1, 0.15) is 17.1 Å². The molecular formula is C22H22N6O8S2. The number of aromatic nitrogens is 2. The molecule has 0 spiro atoms. The van der Waals surface area contributed by atoms with Crippen LogP contribution in [-0.4, -0.2) is 78.9 Å². The van der Waals surface area contributed by atoms with Crippen LogP contribution in [0.15, 0.2) is 52.4 Å². The number of aliphatic hydroxyl groups excluding tert-OH is 1. The van der Waals surface area contributed by atoms with Crippen molar-refractivity contribution in [3.8, 4) is 0 Å². The van der Waals surface area contributed by atoms with E-state index < -0.39 is 53.1 Å². The van der Waals surface area contributed by atoms with E-state index in [1.807, 2.05) is 6.07 Å². The molecule has 2 aliphatic heterocycles. The number of carboxylic acid groups (broad SMARTS) is 2. The number of nitrogens with two attached hydrogens (primary N) is 1. The van der Waals surface area contributed by atoms with Gasteiger partial charge in [0.15, 0.2) is 29.8 Å². The number of carboxylic acids is 2. The zero-order valence-electron chi connectivity index (χ0n) is 19.8. The number of anilines is 1. The number of aliphatic hydroxyl groups is 1. The number of nitrogen functional groups attached to an aromatic ring is 1. The number of hydrogen-bond acceptors (Lipinski definition) is 12. The van der Waals surface area contributed by atoms with Crippen LogP contribution >= 0.6 is 23.1 Å². The molecule has 2 aromatic heterocycles. The molecule has 0 radical (unpaired) electrons. The van der Waals surface area contributed by atoms with E-state index in [9.17, 15) is 34.5 Å². The lowest BCUT2D eigenvalue weighted by Gasteiger charge is -2.50. The standard InChI is InChI=1S/C22H22N6O8S2/c1-22(10-29,20(34)35)36-26-13(12-9-38-21(23)24-12)16(30)25-14-17(31)28-15(19(32)33)11(8-37-18(14)28)7-27-5-3-2-4-6-27/h2-6,9,14,18,29H,7-8,10H2,1H3,(H4-,23,24,25,30,32,33,34,35)/b26-13-/t14-,18-,22?/m1/s1. The second-order valence-corrected chi connectivity index (χ2v) is 10.4. The van der Waals surface area contributed by atoms with E-state index in [1.54, 1.807) is 29.1 Å². The Bertz CT molecular complexity index is 1350. The SMILES string of the molecule is CC(CO)(O/N=C(\C(=O)N[C@@H]1C(=O)N2C(C(=O)[O-])=C(C[n+]3ccccc3)CS[C@H]12)c1csc(N)n1)C(=O)O. The number of rotatable bonds is 10. The molecule has 0 saturated carbocycles. The fourth-order valence-corrected chi connectivity index (χ4v) is 5.53. The van der Waals surface area contributed by atoms with Gasteiger partial charge in [0.05, 0.1) is 18.3 Å². The molecule has 5 N–H and O–H groups in total. The fourth-order valence-electron chi connectivity index (χ4n) is 3.65. The number of β-lactam (4-membered cyclic amide) rings is 1. The van der Waals surface area contributed by atoms with Crippen molar-refractivity contribution in [1.82, 2.24) is 15.2 Å². The number of aliphatic carboxylic acids is 2. The minimum Gasteiger partial charge on any atom is -0.543 e. The average Bonchev–Trinajstić information content (AvgIpc) is 3.32. The molecule has 4 rings (SSSR count). The van der Waals surface area contributed by atoms with Gasteiger partial charge >= 0.3 is 5.97 Å². The molecular weight excluding hydrogens is 540 g/mol. The monoisotopic (exact) mass is 562 g/mol. The van der Waals surface area contributed by atoms with Gasteiger partial charge in [0.2, 0.25) is 0 Å². The van der Waals surface area contributed by atoms with Gasteiger partial charge in [-0.2, -0.15) is 0 Å². The number of thioether (sulfide) groups is 1. The number of thiazole rings is 1. The van der Waals surface area contributed by atoms with E-state index >= 15 is 0 Å². The lowest BCUT2D eigenvalue weighted by Crippen LogP contribution is -2.71. The smallest absolute Gasteiger partial charge is 0.353 e. The normalized spacial score (nSPS) is 20.7. The van der Waals surface area contributed by atoms with Crippen LogP contribution in [0.4, 0.5) is 5.13 Å². The van der Waals surface area contributed by atoms with Gasteiger partial charge < -0.3 is 36.0 Å². The zero-order chi connectivity index (χ0) is 27.6. The van der Waals surface area contributed by atoms with Crippen LogP contribution in [0.2, 0.25) is 0 Å². The van der Waals surface area contributed by atoms with Crippen molar-refractivity contribution >= 4 is 57.7 Å². The van der Waals surface area contributed by atoms with Gasteiger partial charge in [0, 0.05) is 28.8 Å². The maximum absolute atomic E-state index is 13.1. The van der Waals surface area contributed by atoms with Crippen LogP contribution in [0.25, 0.3) is 0 Å². The van der Waals surface area contributed by atoms with Gasteiger partial charge in [-0.1, -0.05) is 11.2 Å². The van der Waals surface area contributed by atoms with Crippen LogP contribution < -0.4 is 20.7 Å². The number of pyridine rings is 1. The van der Waals surface area contributed by atoms with E-state index in [1.165, 1.54) is 17.1 Å². The first kappa shape index (κ1) is 27.0. The largest absolute Gasteiger partial charge is 0.543 e. The van der Waals surface area contributed by atoms with Crippen molar-refractivity contribution in [3.63, 3.8) is 0 Å². The molecule has 4 heterocycles. The summed E-state index contributed by atoms with van der Waals surface area (Å²) in [6.07, 6.45) is 3.52. The third-order valence-electron chi connectivity index (χ3n) is 5.75. The fraction of sp³-hybridized carbons (Fsp3) is 0.318. The van der Waals surface area contributed by atoms with E-state index in [4.69, 9.17) is 10.6 Å². The first-order valence-electron chi connectivity index (χ1n) is 11.0. The Balaban J connectivity index is 1.56. The van der Waals surface area contributed by atoms with Crippen LogP contribution in [0.3, 0.4) is 0 Å². The number of carbonyl (C=O) groups is 4. The molecule has 1 saturated heterocycles. The second-order valence-electron chi connectivity index (χ2n) is 8.44. The summed E-state index contributed by atoms with van der Waals surface area (Å²) in [6.45, 7) is 0.336. The third kappa shape index (κ3) is 5.18. The Hall–Kier alpha value is -4.02. The van der Waals surface area contributed by atoms with E-state index in [0.717, 1.165) is 23.2 Å². The zero-order valence-corrected chi connectivity index (χ0v) is 21.4. The topological polar surface area (TPSA) is 211 Å². The summed E-state index contributed by atoms with van der Waals surface area (Å²) in [7, 11) is 0. The molecule has 2 amide bonds. The van der Waals surface area contributed by atoms with Crippen LogP contribution in [-0.2, 0) is 30.6 Å². The van der Waals surface area contributed by atoms with Crippen molar-refractivity contribution in [1.29, 1.82) is 0 Å². The lowest BCUT2D eigenvalue weighted by atomic mass is 10.0. The summed E-state index contributed by atoms with van der Waals surface area (Å²) in [5.41, 5.74) is 3.19. The predicted octanol–water partition coefficient (Wildman–Crippen LogP) is -2.33. The Morgan fingerprint density at radius 1 is 1.37 bits per heavy atom. The number of oxime groups is 1. The number of amides is 2. The molecule has 16 heteroatoms. The molecule has 3 atom stereocenters. The molecule has 2 aromatic rings. The average molecular weight is 563 g/mol. The summed E-state index contributed by atoms with van der Waals surface area (Å²) in [5.74, 6) is -4.38. The quantitative estimate of drug-likeness (QED) is 0.104. The molecule has 1 unspecified atom stereocenters. The van der Waals surface area contributed by atoms with Gasteiger partial charge in [-0.25, -0.2) is 14.3 Å². The highest BCUT2D eigenvalue weighted by Gasteiger charge is 2.53. The first-order valence-corrected chi connectivity index (χ1v) is 12.9. The summed E-state index contributed by atoms with van der Waals surface area (Å²) < 4.78 is 1.77. The van der Waals surface area contributed by atoms with Gasteiger partial charge in [0.25, 0.3) is 17.4 Å².